The highest BCUT2D eigenvalue weighted by Crippen LogP contribution is 2.28. The van der Waals surface area contributed by atoms with E-state index in [2.05, 4.69) is 0 Å². The largest absolute Gasteiger partial charge is 0.458 e. The fraction of sp³-hybridized carbons (Fsp3) is 0.286. The molecule has 16 heavy (non-hydrogen) atoms. The maximum atomic E-state index is 9.80. The number of rotatable bonds is 2. The summed E-state index contributed by atoms with van der Waals surface area (Å²) in [5, 5.41) is 9.80. The predicted octanol–water partition coefficient (Wildman–Crippen LogP) is 3.48. The minimum atomic E-state index is -0.928. The Balaban J connectivity index is 2.35. The average Bonchev–Trinajstić information content (AvgIpc) is 2.67. The quantitative estimate of drug-likeness (QED) is 0.833. The van der Waals surface area contributed by atoms with Crippen LogP contribution in [0.15, 0.2) is 40.8 Å². The van der Waals surface area contributed by atoms with Gasteiger partial charge in [-0.05, 0) is 32.9 Å². The zero-order valence-corrected chi connectivity index (χ0v) is 9.82. The van der Waals surface area contributed by atoms with Crippen molar-refractivity contribution >= 4 is 0 Å². The summed E-state index contributed by atoms with van der Waals surface area (Å²) in [5.41, 5.74) is 1.32. The van der Waals surface area contributed by atoms with Crippen LogP contribution in [0.25, 0.3) is 11.3 Å². The van der Waals surface area contributed by atoms with Crippen LogP contribution in [-0.4, -0.2) is 5.11 Å². The molecule has 0 radical (unpaired) electrons. The highest BCUT2D eigenvalue weighted by Gasteiger charge is 2.20. The van der Waals surface area contributed by atoms with Crippen molar-refractivity contribution in [3.8, 4) is 11.3 Å². The second kappa shape index (κ2) is 3.80. The topological polar surface area (TPSA) is 33.4 Å². The number of furan rings is 1. The molecule has 0 amide bonds. The molecule has 84 valence electrons. The van der Waals surface area contributed by atoms with Crippen molar-refractivity contribution < 1.29 is 9.52 Å². The van der Waals surface area contributed by atoms with Crippen molar-refractivity contribution in [3.05, 3.63) is 47.7 Å². The van der Waals surface area contributed by atoms with Gasteiger partial charge in [0.15, 0.2) is 0 Å². The van der Waals surface area contributed by atoms with Crippen LogP contribution < -0.4 is 0 Å². The molecule has 1 heterocycles. The molecule has 1 aromatic carbocycles. The van der Waals surface area contributed by atoms with Gasteiger partial charge < -0.3 is 9.52 Å². The van der Waals surface area contributed by atoms with Gasteiger partial charge in [-0.15, -0.1) is 0 Å². The van der Waals surface area contributed by atoms with Gasteiger partial charge in [-0.1, -0.05) is 29.8 Å². The van der Waals surface area contributed by atoms with Crippen LogP contribution in [0.5, 0.6) is 0 Å². The number of hydrogen-bond acceptors (Lipinski definition) is 2. The third kappa shape index (κ3) is 2.17. The highest BCUT2D eigenvalue weighted by molar-refractivity contribution is 5.58. The van der Waals surface area contributed by atoms with Crippen LogP contribution in [0.4, 0.5) is 0 Å². The summed E-state index contributed by atoms with van der Waals surface area (Å²) < 4.78 is 5.62. The fourth-order valence-corrected chi connectivity index (χ4v) is 1.54. The van der Waals surface area contributed by atoms with E-state index in [1.807, 2.05) is 43.3 Å². The van der Waals surface area contributed by atoms with Gasteiger partial charge in [-0.25, -0.2) is 0 Å². The Morgan fingerprint density at radius 2 is 1.62 bits per heavy atom. The second-order valence-electron chi connectivity index (χ2n) is 4.59. The van der Waals surface area contributed by atoms with Gasteiger partial charge in [0.2, 0.25) is 0 Å². The lowest BCUT2D eigenvalue weighted by Gasteiger charge is -2.12. The molecule has 0 saturated carbocycles. The maximum Gasteiger partial charge on any atom is 0.135 e. The monoisotopic (exact) mass is 216 g/mol. The molecule has 0 aliphatic rings. The Bertz CT molecular complexity index is 472. The number of aryl methyl sites for hydroxylation is 1. The molecule has 0 atom stereocenters. The van der Waals surface area contributed by atoms with Gasteiger partial charge >= 0.3 is 0 Å². The third-order valence-electron chi connectivity index (χ3n) is 2.55. The SMILES string of the molecule is Cc1ccc(-c2ccc(C(C)(C)O)o2)cc1. The van der Waals surface area contributed by atoms with Gasteiger partial charge in [0, 0.05) is 5.56 Å². The zero-order valence-electron chi connectivity index (χ0n) is 9.82. The van der Waals surface area contributed by atoms with E-state index < -0.39 is 5.60 Å². The first-order chi connectivity index (χ1) is 7.47. The molecular formula is C14H16O2. The van der Waals surface area contributed by atoms with Crippen LogP contribution in [0, 0.1) is 6.92 Å². The van der Waals surface area contributed by atoms with Gasteiger partial charge in [-0.3, -0.25) is 0 Å². The van der Waals surface area contributed by atoms with E-state index in [-0.39, 0.29) is 0 Å². The van der Waals surface area contributed by atoms with E-state index >= 15 is 0 Å². The minimum absolute atomic E-state index is 0.586. The van der Waals surface area contributed by atoms with Crippen molar-refractivity contribution in [2.24, 2.45) is 0 Å². The first-order valence-electron chi connectivity index (χ1n) is 5.36. The fourth-order valence-electron chi connectivity index (χ4n) is 1.54. The van der Waals surface area contributed by atoms with E-state index in [9.17, 15) is 5.11 Å². The van der Waals surface area contributed by atoms with Crippen molar-refractivity contribution in [1.29, 1.82) is 0 Å². The van der Waals surface area contributed by atoms with Crippen LogP contribution in [0.3, 0.4) is 0 Å². The Labute approximate surface area is 95.5 Å². The lowest BCUT2D eigenvalue weighted by molar-refractivity contribution is 0.0548. The minimum Gasteiger partial charge on any atom is -0.458 e. The van der Waals surface area contributed by atoms with E-state index in [1.165, 1.54) is 5.56 Å². The van der Waals surface area contributed by atoms with Crippen molar-refractivity contribution in [3.63, 3.8) is 0 Å². The Hall–Kier alpha value is -1.54. The molecule has 1 N–H and O–H groups in total. The Morgan fingerprint density at radius 1 is 1.00 bits per heavy atom. The number of benzene rings is 1. The van der Waals surface area contributed by atoms with Gasteiger partial charge in [-0.2, -0.15) is 0 Å². The van der Waals surface area contributed by atoms with Crippen LogP contribution in [0.2, 0.25) is 0 Å². The summed E-state index contributed by atoms with van der Waals surface area (Å²) >= 11 is 0. The van der Waals surface area contributed by atoms with E-state index in [0.29, 0.717) is 5.76 Å². The van der Waals surface area contributed by atoms with Gasteiger partial charge in [0.1, 0.15) is 17.1 Å². The molecular weight excluding hydrogens is 200 g/mol. The summed E-state index contributed by atoms with van der Waals surface area (Å²) in [7, 11) is 0. The van der Waals surface area contributed by atoms with Crippen molar-refractivity contribution in [2.45, 2.75) is 26.4 Å². The van der Waals surface area contributed by atoms with Gasteiger partial charge in [0.05, 0.1) is 0 Å². The van der Waals surface area contributed by atoms with Crippen LogP contribution >= 0.6 is 0 Å². The molecule has 2 heteroatoms. The predicted molar refractivity (Wildman–Crippen MR) is 64.1 cm³/mol. The molecule has 0 aliphatic heterocycles. The maximum absolute atomic E-state index is 9.80. The van der Waals surface area contributed by atoms with E-state index in [0.717, 1.165) is 11.3 Å². The van der Waals surface area contributed by atoms with Gasteiger partial charge in [0.25, 0.3) is 0 Å². The molecule has 0 fully saturated rings. The smallest absolute Gasteiger partial charge is 0.135 e. The molecule has 0 spiro atoms. The molecule has 0 saturated heterocycles. The molecule has 0 aliphatic carbocycles. The molecule has 2 aromatic rings. The summed E-state index contributed by atoms with van der Waals surface area (Å²) in [5.74, 6) is 1.38. The van der Waals surface area contributed by atoms with E-state index in [1.54, 1.807) is 13.8 Å². The summed E-state index contributed by atoms with van der Waals surface area (Å²) in [6.07, 6.45) is 0. The standard InChI is InChI=1S/C14H16O2/c1-10-4-6-11(7-5-10)12-8-9-13(16-12)14(2,3)15/h4-9,15H,1-3H3. The Morgan fingerprint density at radius 3 is 2.12 bits per heavy atom. The summed E-state index contributed by atoms with van der Waals surface area (Å²) in [4.78, 5) is 0. The molecule has 0 unspecified atom stereocenters. The molecule has 2 nitrogen and oxygen atoms in total. The van der Waals surface area contributed by atoms with Crippen molar-refractivity contribution in [1.82, 2.24) is 0 Å². The average molecular weight is 216 g/mol. The number of aliphatic hydroxyl groups is 1. The van der Waals surface area contributed by atoms with Crippen LogP contribution in [0.1, 0.15) is 25.2 Å². The number of hydrogen-bond donors (Lipinski definition) is 1. The molecule has 2 rings (SSSR count). The lowest BCUT2D eigenvalue weighted by atomic mass is 10.1. The third-order valence-corrected chi connectivity index (χ3v) is 2.55. The molecule has 0 bridgehead atoms. The van der Waals surface area contributed by atoms with Crippen LogP contribution in [-0.2, 0) is 5.60 Å². The zero-order chi connectivity index (χ0) is 11.8. The second-order valence-corrected chi connectivity index (χ2v) is 4.59. The first kappa shape index (κ1) is 11.0. The summed E-state index contributed by atoms with van der Waals surface area (Å²) in [6, 6.07) is 11.8. The normalized spacial score (nSPS) is 11.8. The first-order valence-corrected chi connectivity index (χ1v) is 5.36. The molecule has 1 aromatic heterocycles. The summed E-state index contributed by atoms with van der Waals surface area (Å²) in [6.45, 7) is 5.48. The van der Waals surface area contributed by atoms with Crippen molar-refractivity contribution in [2.75, 3.05) is 0 Å². The lowest BCUT2D eigenvalue weighted by Crippen LogP contribution is -2.13. The highest BCUT2D eigenvalue weighted by atomic mass is 16.4. The Kier molecular flexibility index (Phi) is 2.60. The van der Waals surface area contributed by atoms with E-state index in [4.69, 9.17) is 4.42 Å².